The van der Waals surface area contributed by atoms with Gasteiger partial charge in [-0.05, 0) is 65.0 Å². The third-order valence-corrected chi connectivity index (χ3v) is 4.80. The number of hydrogen-bond acceptors (Lipinski definition) is 2. The predicted octanol–water partition coefficient (Wildman–Crippen LogP) is 4.33. The molecule has 0 aliphatic carbocycles. The molecule has 0 amide bonds. The molecule has 0 bridgehead atoms. The van der Waals surface area contributed by atoms with Gasteiger partial charge in [0.25, 0.3) is 0 Å². The molecule has 0 spiro atoms. The number of nitrogens with one attached hydrogen (secondary N) is 1. The summed E-state index contributed by atoms with van der Waals surface area (Å²) in [6.45, 7) is 0.680. The third kappa shape index (κ3) is 2.89. The minimum Gasteiger partial charge on any atom is -0.493 e. The highest BCUT2D eigenvalue weighted by atomic mass is 127. The SMILES string of the molecule is CNC(c1ccc(F)cc1I)c1cc(Cl)cc2c1OCC2. The van der Waals surface area contributed by atoms with Crippen molar-refractivity contribution in [3.05, 3.63) is 61.4 Å². The Morgan fingerprint density at radius 1 is 1.29 bits per heavy atom. The molecule has 1 heterocycles. The summed E-state index contributed by atoms with van der Waals surface area (Å²) in [5, 5.41) is 3.99. The average molecular weight is 418 g/mol. The number of rotatable bonds is 3. The summed E-state index contributed by atoms with van der Waals surface area (Å²) in [4.78, 5) is 0. The van der Waals surface area contributed by atoms with E-state index in [1.165, 1.54) is 12.1 Å². The van der Waals surface area contributed by atoms with Crippen molar-refractivity contribution in [1.82, 2.24) is 5.32 Å². The van der Waals surface area contributed by atoms with Crippen LogP contribution >= 0.6 is 34.2 Å². The maximum atomic E-state index is 13.3. The van der Waals surface area contributed by atoms with Crippen LogP contribution < -0.4 is 10.1 Å². The van der Waals surface area contributed by atoms with Crippen molar-refractivity contribution in [2.75, 3.05) is 13.7 Å². The monoisotopic (exact) mass is 417 g/mol. The van der Waals surface area contributed by atoms with Crippen LogP contribution in [-0.2, 0) is 6.42 Å². The van der Waals surface area contributed by atoms with Crippen molar-refractivity contribution in [3.63, 3.8) is 0 Å². The Morgan fingerprint density at radius 2 is 2.10 bits per heavy atom. The van der Waals surface area contributed by atoms with Gasteiger partial charge in [-0.15, -0.1) is 0 Å². The lowest BCUT2D eigenvalue weighted by atomic mass is 9.96. The van der Waals surface area contributed by atoms with Crippen LogP contribution in [0.2, 0.25) is 5.02 Å². The van der Waals surface area contributed by atoms with E-state index >= 15 is 0 Å². The van der Waals surface area contributed by atoms with Crippen LogP contribution in [0.3, 0.4) is 0 Å². The van der Waals surface area contributed by atoms with E-state index < -0.39 is 0 Å². The molecule has 0 fully saturated rings. The van der Waals surface area contributed by atoms with E-state index in [1.807, 2.05) is 19.2 Å². The quantitative estimate of drug-likeness (QED) is 0.751. The lowest BCUT2D eigenvalue weighted by Gasteiger charge is -2.21. The predicted molar refractivity (Wildman–Crippen MR) is 90.7 cm³/mol. The molecule has 1 aliphatic heterocycles. The van der Waals surface area contributed by atoms with E-state index in [1.54, 1.807) is 6.07 Å². The molecule has 2 aromatic carbocycles. The highest BCUT2D eigenvalue weighted by Gasteiger charge is 2.25. The zero-order valence-corrected chi connectivity index (χ0v) is 14.3. The van der Waals surface area contributed by atoms with Crippen molar-refractivity contribution in [3.8, 4) is 5.75 Å². The molecule has 3 rings (SSSR count). The van der Waals surface area contributed by atoms with E-state index in [0.717, 1.165) is 32.4 Å². The summed E-state index contributed by atoms with van der Waals surface area (Å²) in [6, 6.07) is 8.62. The first-order valence-electron chi connectivity index (χ1n) is 6.67. The second kappa shape index (κ2) is 6.10. The molecule has 1 aliphatic rings. The fourth-order valence-electron chi connectivity index (χ4n) is 2.73. The second-order valence-corrected chi connectivity index (χ2v) is 6.57. The number of ether oxygens (including phenoxy) is 1. The van der Waals surface area contributed by atoms with Gasteiger partial charge in [0.2, 0.25) is 0 Å². The van der Waals surface area contributed by atoms with E-state index in [4.69, 9.17) is 16.3 Å². The summed E-state index contributed by atoms with van der Waals surface area (Å²) in [7, 11) is 1.88. The van der Waals surface area contributed by atoms with Gasteiger partial charge in [-0.25, -0.2) is 4.39 Å². The maximum absolute atomic E-state index is 13.3. The fraction of sp³-hybridized carbons (Fsp3) is 0.250. The lowest BCUT2D eigenvalue weighted by molar-refractivity contribution is 0.351. The van der Waals surface area contributed by atoms with Gasteiger partial charge in [0.15, 0.2) is 0 Å². The van der Waals surface area contributed by atoms with Crippen LogP contribution in [0, 0.1) is 9.39 Å². The van der Waals surface area contributed by atoms with Gasteiger partial charge in [0, 0.05) is 20.6 Å². The van der Waals surface area contributed by atoms with Crippen LogP contribution in [-0.4, -0.2) is 13.7 Å². The molecular weight excluding hydrogens is 404 g/mol. The van der Waals surface area contributed by atoms with Crippen molar-refractivity contribution >= 4 is 34.2 Å². The maximum Gasteiger partial charge on any atom is 0.127 e. The molecule has 0 aromatic heterocycles. The van der Waals surface area contributed by atoms with Gasteiger partial charge in [-0.3, -0.25) is 0 Å². The van der Waals surface area contributed by atoms with Crippen LogP contribution in [0.15, 0.2) is 30.3 Å². The van der Waals surface area contributed by atoms with Crippen molar-refractivity contribution in [2.24, 2.45) is 0 Å². The van der Waals surface area contributed by atoms with Crippen LogP contribution in [0.4, 0.5) is 4.39 Å². The average Bonchev–Trinajstić information content (AvgIpc) is 2.89. The van der Waals surface area contributed by atoms with E-state index in [2.05, 4.69) is 27.9 Å². The third-order valence-electron chi connectivity index (χ3n) is 3.65. The van der Waals surface area contributed by atoms with Crippen molar-refractivity contribution in [1.29, 1.82) is 0 Å². The Morgan fingerprint density at radius 3 is 2.81 bits per heavy atom. The Kier molecular flexibility index (Phi) is 4.38. The number of fused-ring (bicyclic) bond motifs is 1. The molecule has 110 valence electrons. The van der Waals surface area contributed by atoms with E-state index in [-0.39, 0.29) is 11.9 Å². The van der Waals surface area contributed by atoms with E-state index in [0.29, 0.717) is 11.6 Å². The molecule has 1 unspecified atom stereocenters. The van der Waals surface area contributed by atoms with Gasteiger partial charge < -0.3 is 10.1 Å². The minimum atomic E-state index is -0.231. The molecule has 2 nitrogen and oxygen atoms in total. The van der Waals surface area contributed by atoms with Crippen LogP contribution in [0.25, 0.3) is 0 Å². The zero-order valence-electron chi connectivity index (χ0n) is 11.4. The van der Waals surface area contributed by atoms with Gasteiger partial charge in [-0.1, -0.05) is 17.7 Å². The zero-order chi connectivity index (χ0) is 15.0. The van der Waals surface area contributed by atoms with Gasteiger partial charge in [0.05, 0.1) is 12.6 Å². The summed E-state index contributed by atoms with van der Waals surface area (Å²) in [5.41, 5.74) is 3.15. The van der Waals surface area contributed by atoms with Crippen LogP contribution in [0.5, 0.6) is 5.75 Å². The molecule has 1 N–H and O–H groups in total. The largest absolute Gasteiger partial charge is 0.493 e. The summed E-state index contributed by atoms with van der Waals surface area (Å²) in [6.07, 6.45) is 0.875. The van der Waals surface area contributed by atoms with Crippen molar-refractivity contribution < 1.29 is 9.13 Å². The molecular formula is C16H14ClFINO. The Balaban J connectivity index is 2.13. The topological polar surface area (TPSA) is 21.3 Å². The first-order chi connectivity index (χ1) is 10.1. The smallest absolute Gasteiger partial charge is 0.127 e. The Labute approximate surface area is 141 Å². The van der Waals surface area contributed by atoms with Gasteiger partial charge in [-0.2, -0.15) is 0 Å². The first kappa shape index (κ1) is 15.1. The van der Waals surface area contributed by atoms with Gasteiger partial charge in [0.1, 0.15) is 11.6 Å². The molecule has 0 radical (unpaired) electrons. The summed E-state index contributed by atoms with van der Waals surface area (Å²) in [5.74, 6) is 0.671. The highest BCUT2D eigenvalue weighted by Crippen LogP contribution is 2.39. The molecule has 5 heteroatoms. The standard InChI is InChI=1S/C16H14ClFINO/c1-20-15(12-3-2-11(18)8-14(12)19)13-7-10(17)6-9-4-5-21-16(9)13/h2-3,6-8,15,20H,4-5H2,1H3. The van der Waals surface area contributed by atoms with Gasteiger partial charge >= 0.3 is 0 Å². The normalized spacial score (nSPS) is 14.7. The minimum absolute atomic E-state index is 0.0805. The molecule has 21 heavy (non-hydrogen) atoms. The molecule has 0 saturated heterocycles. The number of benzene rings is 2. The second-order valence-electron chi connectivity index (χ2n) is 4.97. The van der Waals surface area contributed by atoms with Crippen LogP contribution in [0.1, 0.15) is 22.7 Å². The lowest BCUT2D eigenvalue weighted by Crippen LogP contribution is -2.19. The fourth-order valence-corrected chi connectivity index (χ4v) is 3.76. The first-order valence-corrected chi connectivity index (χ1v) is 8.13. The molecule has 0 saturated carbocycles. The Hall–Kier alpha value is -0.850. The molecule has 1 atom stereocenters. The number of hydrogen-bond donors (Lipinski definition) is 1. The van der Waals surface area contributed by atoms with E-state index in [9.17, 15) is 4.39 Å². The summed E-state index contributed by atoms with van der Waals surface area (Å²) < 4.78 is 20.0. The summed E-state index contributed by atoms with van der Waals surface area (Å²) >= 11 is 8.39. The van der Waals surface area contributed by atoms with Crippen molar-refractivity contribution in [2.45, 2.75) is 12.5 Å². The number of halogens is 3. The highest BCUT2D eigenvalue weighted by molar-refractivity contribution is 14.1. The Bertz CT molecular complexity index is 692. The molecule has 2 aromatic rings.